The van der Waals surface area contributed by atoms with Crippen molar-refractivity contribution in [2.24, 2.45) is 0 Å². The molecule has 51 heavy (non-hydrogen) atoms. The Labute approximate surface area is 305 Å². The van der Waals surface area contributed by atoms with E-state index in [2.05, 4.69) is 41.1 Å². The lowest BCUT2D eigenvalue weighted by molar-refractivity contribution is -0.140. The number of nitrogens with one attached hydrogen (secondary N) is 1. The number of nitrogens with zero attached hydrogens (tertiary/aromatic N) is 2. The van der Waals surface area contributed by atoms with Crippen molar-refractivity contribution < 1.29 is 39.4 Å². The van der Waals surface area contributed by atoms with Gasteiger partial charge in [-0.15, -0.1) is 0 Å². The molecule has 2 heterocycles. The van der Waals surface area contributed by atoms with Gasteiger partial charge in [0.15, 0.2) is 0 Å². The number of rotatable bonds is 19. The van der Waals surface area contributed by atoms with Crippen molar-refractivity contribution in [3.63, 3.8) is 0 Å². The molecule has 278 valence electrons. The molecule has 5 rings (SSSR count). The van der Waals surface area contributed by atoms with E-state index in [0.29, 0.717) is 41.8 Å². The average Bonchev–Trinajstić information content (AvgIpc) is 3.73. The van der Waals surface area contributed by atoms with Crippen molar-refractivity contribution in [2.45, 2.75) is 70.9 Å². The molecule has 2 aliphatic rings. The highest BCUT2D eigenvalue weighted by molar-refractivity contribution is 6.32. The largest absolute Gasteiger partial charge is 0.493 e. The Kier molecular flexibility index (Phi) is 14.4. The van der Waals surface area contributed by atoms with Crippen molar-refractivity contribution in [1.82, 2.24) is 15.1 Å². The van der Waals surface area contributed by atoms with Crippen LogP contribution in [-0.2, 0) is 17.9 Å². The molecule has 0 aliphatic carbocycles. The molecule has 3 aromatic rings. The first kappa shape index (κ1) is 38.8. The summed E-state index contributed by atoms with van der Waals surface area (Å²) in [4.78, 5) is 16.0. The first-order valence-corrected chi connectivity index (χ1v) is 18.3. The number of carbonyl (C=O) groups is 1. The fourth-order valence-electron chi connectivity index (χ4n) is 6.74. The van der Waals surface area contributed by atoms with Crippen LogP contribution in [0.3, 0.4) is 0 Å². The Balaban J connectivity index is 1.25. The van der Waals surface area contributed by atoms with Gasteiger partial charge in [0.1, 0.15) is 29.9 Å². The normalized spacial score (nSPS) is 18.6. The van der Waals surface area contributed by atoms with Gasteiger partial charge in [-0.2, -0.15) is 0 Å². The van der Waals surface area contributed by atoms with Gasteiger partial charge in [-0.1, -0.05) is 41.9 Å². The molecule has 0 spiro atoms. The summed E-state index contributed by atoms with van der Waals surface area (Å²) in [5.74, 6) is 0.660. The smallest absolute Gasteiger partial charge is 0.323 e. The molecule has 3 atom stereocenters. The monoisotopic (exact) mass is 725 g/mol. The molecule has 0 saturated carbocycles. The van der Waals surface area contributed by atoms with Crippen molar-refractivity contribution >= 4 is 17.6 Å². The van der Waals surface area contributed by atoms with E-state index in [-0.39, 0.29) is 25.4 Å². The number of aliphatic hydroxyl groups is 3. The van der Waals surface area contributed by atoms with Crippen LogP contribution < -0.4 is 19.5 Å². The molecule has 11 nitrogen and oxygen atoms in total. The summed E-state index contributed by atoms with van der Waals surface area (Å²) in [7, 11) is 0. The molecule has 0 radical (unpaired) electrons. The number of benzene rings is 3. The summed E-state index contributed by atoms with van der Waals surface area (Å²) in [6.45, 7) is 9.91. The molecule has 0 bridgehead atoms. The number of halogens is 1. The third kappa shape index (κ3) is 10.8. The number of carboxylic acid groups (broad SMARTS) is 1. The van der Waals surface area contributed by atoms with E-state index in [4.69, 9.17) is 25.8 Å². The molecular weight excluding hydrogens is 674 g/mol. The summed E-state index contributed by atoms with van der Waals surface area (Å²) in [6.07, 6.45) is 2.76. The third-order valence-corrected chi connectivity index (χ3v) is 10.1. The van der Waals surface area contributed by atoms with Crippen LogP contribution in [0.2, 0.25) is 5.02 Å². The van der Waals surface area contributed by atoms with Crippen molar-refractivity contribution in [3.8, 4) is 28.4 Å². The van der Waals surface area contributed by atoms with Gasteiger partial charge in [-0.05, 0) is 79.5 Å². The predicted octanol–water partition coefficient (Wildman–Crippen LogP) is 4.41. The maximum atomic E-state index is 11.5. The Morgan fingerprint density at radius 3 is 2.04 bits per heavy atom. The minimum atomic E-state index is -1.15. The van der Waals surface area contributed by atoms with Gasteiger partial charge in [-0.25, -0.2) is 0 Å². The zero-order chi connectivity index (χ0) is 36.3. The van der Waals surface area contributed by atoms with Crippen LogP contribution in [-0.4, -0.2) is 114 Å². The van der Waals surface area contributed by atoms with E-state index in [1.54, 1.807) is 12.1 Å². The number of carboxylic acids is 1. The maximum Gasteiger partial charge on any atom is 0.323 e. The standard InChI is InChI=1S/C39H52ClN3O8/c1-26-28(7-3-8-32(26)33-9-4-10-36(27(33)2)49-17-5-13-42-15-11-30(45)22-42)25-51-38-20-37(50-18-6-14-43-16-12-31(46)23-43)29(19-34(38)40)21-41-35(24-44)39(47)48/h3-4,7-10,19-20,30-31,35,41,44-46H,5-6,11-18,21-25H2,1-2H3,(H,47,48)/t30-,31-,35+/m1/s1. The maximum absolute atomic E-state index is 11.5. The van der Waals surface area contributed by atoms with Crippen molar-refractivity contribution in [1.29, 1.82) is 0 Å². The molecule has 12 heteroatoms. The topological polar surface area (TPSA) is 144 Å². The van der Waals surface area contributed by atoms with Crippen LogP contribution in [0.25, 0.3) is 11.1 Å². The molecule has 2 saturated heterocycles. The number of hydrogen-bond acceptors (Lipinski definition) is 10. The molecule has 0 amide bonds. The third-order valence-electron chi connectivity index (χ3n) is 9.79. The minimum Gasteiger partial charge on any atom is -0.493 e. The zero-order valence-electron chi connectivity index (χ0n) is 29.7. The Morgan fingerprint density at radius 1 is 0.843 bits per heavy atom. The fourth-order valence-corrected chi connectivity index (χ4v) is 6.98. The second-order valence-electron chi connectivity index (χ2n) is 13.5. The molecule has 2 aliphatic heterocycles. The van der Waals surface area contributed by atoms with Crippen LogP contribution in [0.1, 0.15) is 47.9 Å². The van der Waals surface area contributed by atoms with Gasteiger partial charge in [0, 0.05) is 57.4 Å². The van der Waals surface area contributed by atoms with Crippen LogP contribution in [0.4, 0.5) is 0 Å². The van der Waals surface area contributed by atoms with Crippen LogP contribution in [0.15, 0.2) is 48.5 Å². The number of ether oxygens (including phenoxy) is 3. The highest BCUT2D eigenvalue weighted by atomic mass is 35.5. The summed E-state index contributed by atoms with van der Waals surface area (Å²) in [6, 6.07) is 14.6. The van der Waals surface area contributed by atoms with Gasteiger partial charge >= 0.3 is 5.97 Å². The van der Waals surface area contributed by atoms with Crippen molar-refractivity contribution in [2.75, 3.05) is 59.1 Å². The van der Waals surface area contributed by atoms with E-state index >= 15 is 0 Å². The molecule has 5 N–H and O–H groups in total. The Bertz CT molecular complexity index is 1610. The zero-order valence-corrected chi connectivity index (χ0v) is 30.4. The Hall–Kier alpha value is -3.42. The molecule has 0 unspecified atom stereocenters. The van der Waals surface area contributed by atoms with E-state index in [1.807, 2.05) is 24.3 Å². The Morgan fingerprint density at radius 2 is 1.45 bits per heavy atom. The van der Waals surface area contributed by atoms with Gasteiger partial charge in [0.2, 0.25) is 0 Å². The molecule has 3 aromatic carbocycles. The number of β-amino-alcohol motifs (C(OH)–C–C–N with tert-alkyl or cyclic N) is 2. The average molecular weight is 726 g/mol. The van der Waals surface area contributed by atoms with Crippen LogP contribution >= 0.6 is 11.6 Å². The minimum absolute atomic E-state index is 0.122. The first-order chi connectivity index (χ1) is 24.6. The summed E-state index contributed by atoms with van der Waals surface area (Å²) in [5, 5.41) is 41.7. The first-order valence-electron chi connectivity index (χ1n) is 17.9. The van der Waals surface area contributed by atoms with Gasteiger partial charge < -0.3 is 44.4 Å². The van der Waals surface area contributed by atoms with Crippen LogP contribution in [0, 0.1) is 13.8 Å². The van der Waals surface area contributed by atoms with E-state index in [9.17, 15) is 25.2 Å². The highest BCUT2D eigenvalue weighted by Crippen LogP contribution is 2.36. The van der Waals surface area contributed by atoms with Gasteiger partial charge in [-0.3, -0.25) is 10.1 Å². The number of likely N-dealkylation sites (tertiary alicyclic amines) is 2. The lowest BCUT2D eigenvalue weighted by Gasteiger charge is -2.19. The predicted molar refractivity (Wildman–Crippen MR) is 197 cm³/mol. The van der Waals surface area contributed by atoms with E-state index in [1.165, 1.54) is 0 Å². The quantitative estimate of drug-likeness (QED) is 0.112. The number of hydrogen-bond donors (Lipinski definition) is 5. The van der Waals surface area contributed by atoms with E-state index < -0.39 is 18.6 Å². The molecule has 2 fully saturated rings. The number of aliphatic hydroxyl groups excluding tert-OH is 3. The second-order valence-corrected chi connectivity index (χ2v) is 13.9. The summed E-state index contributed by atoms with van der Waals surface area (Å²) < 4.78 is 18.7. The SMILES string of the molecule is Cc1c(COc2cc(OCCCN3CC[C@@H](O)C3)c(CN[C@@H](CO)C(=O)O)cc2Cl)cccc1-c1cccc(OCCCN2CC[C@@H](O)C2)c1C. The second kappa shape index (κ2) is 18.9. The molecular formula is C39H52ClN3O8. The lowest BCUT2D eigenvalue weighted by atomic mass is 9.93. The fraction of sp³-hybridized carbons (Fsp3) is 0.513. The van der Waals surface area contributed by atoms with Gasteiger partial charge in [0.05, 0.1) is 37.1 Å². The van der Waals surface area contributed by atoms with E-state index in [0.717, 1.165) is 92.0 Å². The summed E-state index contributed by atoms with van der Waals surface area (Å²) >= 11 is 6.71. The van der Waals surface area contributed by atoms with Gasteiger partial charge in [0.25, 0.3) is 0 Å². The highest BCUT2D eigenvalue weighted by Gasteiger charge is 2.22. The summed E-state index contributed by atoms with van der Waals surface area (Å²) in [5.41, 5.74) is 5.96. The lowest BCUT2D eigenvalue weighted by Crippen LogP contribution is -2.39. The molecule has 0 aromatic heterocycles. The number of aliphatic carboxylic acids is 1. The van der Waals surface area contributed by atoms with Crippen LogP contribution in [0.5, 0.6) is 17.2 Å². The van der Waals surface area contributed by atoms with Crippen molar-refractivity contribution in [3.05, 3.63) is 75.8 Å².